The van der Waals surface area contributed by atoms with Crippen LogP contribution in [0.4, 0.5) is 17.1 Å². The van der Waals surface area contributed by atoms with E-state index in [2.05, 4.69) is 10.1 Å². The summed E-state index contributed by atoms with van der Waals surface area (Å²) in [5.74, 6) is -0.0959. The van der Waals surface area contributed by atoms with Gasteiger partial charge in [0.1, 0.15) is 11.4 Å². The lowest BCUT2D eigenvalue weighted by atomic mass is 10.2. The number of ether oxygens (including phenoxy) is 2. The molecule has 0 radical (unpaired) electrons. The number of carbonyl (C=O) groups is 1. The van der Waals surface area contributed by atoms with Crippen molar-refractivity contribution in [1.29, 1.82) is 0 Å². The van der Waals surface area contributed by atoms with Crippen molar-refractivity contribution in [2.75, 3.05) is 13.7 Å². The molecule has 0 unspecified atom stereocenters. The van der Waals surface area contributed by atoms with Crippen LogP contribution in [0.15, 0.2) is 53.7 Å². The Morgan fingerprint density at radius 1 is 1.16 bits per heavy atom. The van der Waals surface area contributed by atoms with Gasteiger partial charge in [0.05, 0.1) is 35.3 Å². The van der Waals surface area contributed by atoms with Crippen molar-refractivity contribution < 1.29 is 24.1 Å². The zero-order valence-corrected chi connectivity index (χ0v) is 17.0. The summed E-state index contributed by atoms with van der Waals surface area (Å²) in [6.07, 6.45) is 2.72. The van der Waals surface area contributed by atoms with E-state index in [-0.39, 0.29) is 23.6 Å². The molecule has 0 aliphatic heterocycles. The number of hydrogen-bond donors (Lipinski definition) is 0. The number of aliphatic imine (C=N–C) groups is 1. The van der Waals surface area contributed by atoms with E-state index in [4.69, 9.17) is 9.47 Å². The molecule has 0 fully saturated rings. The number of methoxy groups -OCH3 is 1. The fraction of sp³-hybridized carbons (Fsp3) is 0.150. The quantitative estimate of drug-likeness (QED) is 0.223. The number of non-ortho nitro benzene ring substituents is 1. The molecule has 0 spiro atoms. The smallest absolute Gasteiger partial charge is 0.359 e. The van der Waals surface area contributed by atoms with Gasteiger partial charge in [-0.2, -0.15) is 5.10 Å². The minimum absolute atomic E-state index is 0.0600. The van der Waals surface area contributed by atoms with Gasteiger partial charge in [-0.05, 0) is 37.3 Å². The molecule has 0 N–H and O–H groups in total. The number of carbonyl (C=O) groups excluding carboxylic acids is 1. The van der Waals surface area contributed by atoms with Gasteiger partial charge in [-0.25, -0.2) is 9.48 Å². The molecule has 0 aliphatic rings. The third kappa shape index (κ3) is 4.75. The van der Waals surface area contributed by atoms with Crippen molar-refractivity contribution in [1.82, 2.24) is 9.78 Å². The van der Waals surface area contributed by atoms with Gasteiger partial charge >= 0.3 is 11.7 Å². The Balaban J connectivity index is 2.07. The fourth-order valence-corrected chi connectivity index (χ4v) is 2.74. The summed E-state index contributed by atoms with van der Waals surface area (Å²) >= 11 is 0. The molecule has 3 rings (SSSR count). The highest BCUT2D eigenvalue weighted by Crippen LogP contribution is 2.28. The summed E-state index contributed by atoms with van der Waals surface area (Å²) < 4.78 is 11.2. The van der Waals surface area contributed by atoms with Crippen molar-refractivity contribution in [3.05, 3.63) is 80.1 Å². The second-order valence-electron chi connectivity index (χ2n) is 6.24. The second kappa shape index (κ2) is 9.47. The number of hydrogen-bond acceptors (Lipinski definition) is 9. The van der Waals surface area contributed by atoms with Gasteiger partial charge in [-0.1, -0.05) is 0 Å². The van der Waals surface area contributed by atoms with Gasteiger partial charge in [0.2, 0.25) is 0 Å². The van der Waals surface area contributed by atoms with Crippen molar-refractivity contribution in [2.24, 2.45) is 4.99 Å². The molecule has 0 aliphatic carbocycles. The first kappa shape index (κ1) is 22.1. The molecule has 2 aromatic carbocycles. The number of nitrogens with zero attached hydrogens (tertiary/aromatic N) is 5. The number of nitro groups is 2. The summed E-state index contributed by atoms with van der Waals surface area (Å²) in [6, 6.07) is 9.94. The van der Waals surface area contributed by atoms with Crippen LogP contribution >= 0.6 is 0 Å². The summed E-state index contributed by atoms with van der Waals surface area (Å²) in [6.45, 7) is 1.72. The van der Waals surface area contributed by atoms with E-state index in [9.17, 15) is 25.0 Å². The maximum Gasteiger partial charge on any atom is 0.359 e. The molecule has 0 saturated carbocycles. The molecule has 32 heavy (non-hydrogen) atoms. The first-order valence-electron chi connectivity index (χ1n) is 9.22. The molecule has 0 atom stereocenters. The van der Waals surface area contributed by atoms with Gasteiger partial charge in [0, 0.05) is 24.0 Å². The fourth-order valence-electron chi connectivity index (χ4n) is 2.74. The molecule has 0 amide bonds. The van der Waals surface area contributed by atoms with Crippen LogP contribution in [0.2, 0.25) is 0 Å². The Morgan fingerprint density at radius 2 is 1.88 bits per heavy atom. The molecule has 1 aromatic heterocycles. The van der Waals surface area contributed by atoms with Gasteiger partial charge in [0.25, 0.3) is 5.69 Å². The van der Waals surface area contributed by atoms with E-state index >= 15 is 0 Å². The van der Waals surface area contributed by atoms with Crippen LogP contribution in [0.1, 0.15) is 23.0 Å². The molecular weight excluding hydrogens is 422 g/mol. The standard InChI is InChI=1S/C20H17N5O7/c1-3-32-20(26)19-13(11-21-14-4-7-16(31-2)8-5-14)12-23(22-19)17-9-6-15(24(27)28)10-18(17)25(29)30/h4-12H,3H2,1-2H3. The van der Waals surface area contributed by atoms with Crippen LogP contribution in [0.5, 0.6) is 5.75 Å². The van der Waals surface area contributed by atoms with Gasteiger partial charge in [-0.15, -0.1) is 0 Å². The lowest BCUT2D eigenvalue weighted by Crippen LogP contribution is -2.09. The third-order valence-electron chi connectivity index (χ3n) is 4.25. The number of nitro benzene ring substituents is 2. The number of benzene rings is 2. The maximum absolute atomic E-state index is 12.4. The Labute approximate surface area is 181 Å². The van der Waals surface area contributed by atoms with Crippen molar-refractivity contribution in [3.63, 3.8) is 0 Å². The third-order valence-corrected chi connectivity index (χ3v) is 4.25. The highest BCUT2D eigenvalue weighted by molar-refractivity contribution is 5.98. The van der Waals surface area contributed by atoms with Crippen molar-refractivity contribution in [2.45, 2.75) is 6.92 Å². The minimum atomic E-state index is -0.765. The van der Waals surface area contributed by atoms with Crippen LogP contribution in [-0.2, 0) is 4.74 Å². The highest BCUT2D eigenvalue weighted by Gasteiger charge is 2.24. The largest absolute Gasteiger partial charge is 0.497 e. The Morgan fingerprint density at radius 3 is 2.47 bits per heavy atom. The average Bonchev–Trinajstić information content (AvgIpc) is 3.22. The summed E-state index contributed by atoms with van der Waals surface area (Å²) in [5, 5.41) is 26.6. The molecule has 0 saturated heterocycles. The van der Waals surface area contributed by atoms with Crippen LogP contribution in [0.3, 0.4) is 0 Å². The van der Waals surface area contributed by atoms with E-state index in [1.165, 1.54) is 25.6 Å². The first-order chi connectivity index (χ1) is 15.3. The molecule has 12 nitrogen and oxygen atoms in total. The zero-order chi connectivity index (χ0) is 23.3. The maximum atomic E-state index is 12.4. The molecule has 164 valence electrons. The molecule has 12 heteroatoms. The first-order valence-corrected chi connectivity index (χ1v) is 9.22. The summed E-state index contributed by atoms with van der Waals surface area (Å²) in [4.78, 5) is 37.6. The predicted octanol–water partition coefficient (Wildman–Crippen LogP) is 3.62. The normalized spacial score (nSPS) is 10.8. The van der Waals surface area contributed by atoms with Crippen LogP contribution in [-0.4, -0.2) is 45.5 Å². The number of rotatable bonds is 8. The average molecular weight is 439 g/mol. The predicted molar refractivity (Wildman–Crippen MR) is 113 cm³/mol. The van der Waals surface area contributed by atoms with Gasteiger partial charge < -0.3 is 9.47 Å². The summed E-state index contributed by atoms with van der Waals surface area (Å²) in [7, 11) is 1.54. The highest BCUT2D eigenvalue weighted by atomic mass is 16.6. The van der Waals surface area contributed by atoms with E-state index in [1.807, 2.05) is 0 Å². The molecular formula is C20H17N5O7. The van der Waals surface area contributed by atoms with Crippen LogP contribution < -0.4 is 4.74 Å². The molecule has 1 heterocycles. The van der Waals surface area contributed by atoms with Crippen LogP contribution in [0, 0.1) is 20.2 Å². The van der Waals surface area contributed by atoms with E-state index in [1.54, 1.807) is 31.2 Å². The zero-order valence-electron chi connectivity index (χ0n) is 17.0. The summed E-state index contributed by atoms with van der Waals surface area (Å²) in [5.41, 5.74) is -0.358. The Kier molecular flexibility index (Phi) is 6.53. The second-order valence-corrected chi connectivity index (χ2v) is 6.24. The number of esters is 1. The lowest BCUT2D eigenvalue weighted by molar-refractivity contribution is -0.394. The Bertz CT molecular complexity index is 1200. The number of aromatic nitrogens is 2. The molecule has 3 aromatic rings. The van der Waals surface area contributed by atoms with E-state index < -0.39 is 27.2 Å². The van der Waals surface area contributed by atoms with Gasteiger partial charge in [-0.3, -0.25) is 25.2 Å². The Hall–Kier alpha value is -4.61. The minimum Gasteiger partial charge on any atom is -0.497 e. The lowest BCUT2D eigenvalue weighted by Gasteiger charge is -2.03. The monoisotopic (exact) mass is 439 g/mol. The topological polar surface area (TPSA) is 152 Å². The van der Waals surface area contributed by atoms with Crippen molar-refractivity contribution >= 4 is 29.2 Å². The van der Waals surface area contributed by atoms with Gasteiger partial charge in [0.15, 0.2) is 5.69 Å². The van der Waals surface area contributed by atoms with Crippen molar-refractivity contribution in [3.8, 4) is 11.4 Å². The van der Waals surface area contributed by atoms with Crippen LogP contribution in [0.25, 0.3) is 5.69 Å². The van der Waals surface area contributed by atoms with E-state index in [0.717, 1.165) is 16.8 Å². The molecule has 0 bridgehead atoms. The van der Waals surface area contributed by atoms with E-state index in [0.29, 0.717) is 11.4 Å². The SMILES string of the molecule is CCOC(=O)c1nn(-c2ccc([N+](=O)[O-])cc2[N+](=O)[O-])cc1C=Nc1ccc(OC)cc1.